The smallest absolute Gasteiger partial charge is 0.137 e. The second-order valence-corrected chi connectivity index (χ2v) is 4.48. The van der Waals surface area contributed by atoms with Gasteiger partial charge >= 0.3 is 0 Å². The summed E-state index contributed by atoms with van der Waals surface area (Å²) in [6.45, 7) is 1.92. The van der Waals surface area contributed by atoms with Crippen molar-refractivity contribution in [2.24, 2.45) is 0 Å². The first-order chi connectivity index (χ1) is 7.16. The Morgan fingerprint density at radius 3 is 2.53 bits per heavy atom. The van der Waals surface area contributed by atoms with Crippen LogP contribution in [0.15, 0.2) is 36.5 Å². The summed E-state index contributed by atoms with van der Waals surface area (Å²) < 4.78 is 14.0. The van der Waals surface area contributed by atoms with Crippen molar-refractivity contribution < 1.29 is 4.39 Å². The zero-order valence-electron chi connectivity index (χ0n) is 8.17. The average Bonchev–Trinajstić information content (AvgIpc) is 2.22. The quantitative estimate of drug-likeness (QED) is 0.730. The third-order valence-electron chi connectivity index (χ3n) is 2.15. The molecule has 0 amide bonds. The largest absolute Gasteiger partial charge is 0.262 e. The fourth-order valence-electron chi connectivity index (χ4n) is 1.40. The summed E-state index contributed by atoms with van der Waals surface area (Å²) >= 11 is 1.98. The molecule has 0 bridgehead atoms. The fourth-order valence-corrected chi connectivity index (χ4v) is 1.74. The molecule has 76 valence electrons. The second kappa shape index (κ2) is 4.26. The summed E-state index contributed by atoms with van der Waals surface area (Å²) in [5, 5.41) is 0. The third-order valence-corrected chi connectivity index (χ3v) is 3.02. The molecule has 1 nitrogen and oxygen atoms in total. The van der Waals surface area contributed by atoms with Gasteiger partial charge in [0.25, 0.3) is 0 Å². The van der Waals surface area contributed by atoms with E-state index in [1.54, 1.807) is 18.3 Å². The Bertz CT molecular complexity index is 497. The van der Waals surface area contributed by atoms with E-state index in [2.05, 4.69) is 4.98 Å². The third kappa shape index (κ3) is 2.34. The van der Waals surface area contributed by atoms with Crippen LogP contribution in [0.2, 0.25) is 0 Å². The van der Waals surface area contributed by atoms with Gasteiger partial charge in [-0.2, -0.15) is 0 Å². The van der Waals surface area contributed by atoms with Crippen LogP contribution in [0.3, 0.4) is 0 Å². The average molecular weight is 313 g/mol. The minimum Gasteiger partial charge on any atom is -0.262 e. The molecule has 15 heavy (non-hydrogen) atoms. The SMILES string of the molecule is Cc1cc(-c2ccc(I)c(F)c2)ccn1. The Morgan fingerprint density at radius 1 is 1.13 bits per heavy atom. The van der Waals surface area contributed by atoms with Gasteiger partial charge in [0.2, 0.25) is 0 Å². The van der Waals surface area contributed by atoms with E-state index in [-0.39, 0.29) is 5.82 Å². The minimum absolute atomic E-state index is 0.178. The highest BCUT2D eigenvalue weighted by Crippen LogP contribution is 2.22. The Balaban J connectivity index is 2.50. The number of benzene rings is 1. The normalized spacial score (nSPS) is 10.3. The first-order valence-electron chi connectivity index (χ1n) is 4.55. The number of aryl methyl sites for hydroxylation is 1. The highest BCUT2D eigenvalue weighted by molar-refractivity contribution is 14.1. The lowest BCUT2D eigenvalue weighted by atomic mass is 10.1. The highest BCUT2D eigenvalue weighted by Gasteiger charge is 2.02. The number of aromatic nitrogens is 1. The number of nitrogens with zero attached hydrogens (tertiary/aromatic N) is 1. The number of hydrogen-bond acceptors (Lipinski definition) is 1. The molecule has 2 rings (SSSR count). The summed E-state index contributed by atoms with van der Waals surface area (Å²) in [6.07, 6.45) is 1.74. The molecule has 0 N–H and O–H groups in total. The predicted octanol–water partition coefficient (Wildman–Crippen LogP) is 3.80. The summed E-state index contributed by atoms with van der Waals surface area (Å²) in [4.78, 5) is 4.11. The maximum atomic E-state index is 13.3. The van der Waals surface area contributed by atoms with Crippen LogP contribution < -0.4 is 0 Å². The molecule has 0 saturated carbocycles. The summed E-state index contributed by atoms with van der Waals surface area (Å²) in [6, 6.07) is 9.08. The highest BCUT2D eigenvalue weighted by atomic mass is 127. The molecule has 0 spiro atoms. The van der Waals surface area contributed by atoms with Crippen molar-refractivity contribution in [3.63, 3.8) is 0 Å². The lowest BCUT2D eigenvalue weighted by molar-refractivity contribution is 0.621. The summed E-state index contributed by atoms with van der Waals surface area (Å²) in [5.41, 5.74) is 2.82. The molecular weight excluding hydrogens is 304 g/mol. The standard InChI is InChI=1S/C12H9FIN/c1-8-6-10(4-5-15-8)9-2-3-12(14)11(13)7-9/h2-7H,1H3. The molecule has 0 radical (unpaired) electrons. The summed E-state index contributed by atoms with van der Waals surface area (Å²) in [7, 11) is 0. The molecule has 3 heteroatoms. The molecule has 0 aliphatic carbocycles. The zero-order chi connectivity index (χ0) is 10.8. The van der Waals surface area contributed by atoms with E-state index in [0.717, 1.165) is 16.8 Å². The molecule has 2 aromatic rings. The Kier molecular flexibility index (Phi) is 3.00. The van der Waals surface area contributed by atoms with E-state index in [0.29, 0.717) is 3.57 Å². The molecule has 0 saturated heterocycles. The lowest BCUT2D eigenvalue weighted by Gasteiger charge is -2.03. The van der Waals surface area contributed by atoms with Crippen molar-refractivity contribution in [3.05, 3.63) is 51.6 Å². The van der Waals surface area contributed by atoms with Crippen molar-refractivity contribution in [3.8, 4) is 11.1 Å². The van der Waals surface area contributed by atoms with Crippen LogP contribution in [0.1, 0.15) is 5.69 Å². The van der Waals surface area contributed by atoms with Gasteiger partial charge in [-0.25, -0.2) is 4.39 Å². The van der Waals surface area contributed by atoms with Crippen LogP contribution in [0.5, 0.6) is 0 Å². The molecule has 0 aliphatic heterocycles. The number of halogens is 2. The van der Waals surface area contributed by atoms with Gasteiger partial charge in [0.1, 0.15) is 5.82 Å². The molecule has 0 aliphatic rings. The Morgan fingerprint density at radius 2 is 1.87 bits per heavy atom. The molecule has 1 aromatic heterocycles. The van der Waals surface area contributed by atoms with Crippen molar-refractivity contribution in [2.75, 3.05) is 0 Å². The minimum atomic E-state index is -0.178. The second-order valence-electron chi connectivity index (χ2n) is 3.31. The van der Waals surface area contributed by atoms with Crippen molar-refractivity contribution >= 4 is 22.6 Å². The van der Waals surface area contributed by atoms with Crippen LogP contribution in [0, 0.1) is 16.3 Å². The molecular formula is C12H9FIN. The first kappa shape index (κ1) is 10.5. The number of rotatable bonds is 1. The fraction of sp³-hybridized carbons (Fsp3) is 0.0833. The van der Waals surface area contributed by atoms with E-state index < -0.39 is 0 Å². The van der Waals surface area contributed by atoms with Gasteiger partial charge in [-0.15, -0.1) is 0 Å². The van der Waals surface area contributed by atoms with Crippen molar-refractivity contribution in [2.45, 2.75) is 6.92 Å². The van der Waals surface area contributed by atoms with Crippen molar-refractivity contribution in [1.82, 2.24) is 4.98 Å². The maximum absolute atomic E-state index is 13.3. The molecule has 1 aromatic carbocycles. The lowest BCUT2D eigenvalue weighted by Crippen LogP contribution is -1.86. The van der Waals surface area contributed by atoms with E-state index in [1.165, 1.54) is 0 Å². The Hall–Kier alpha value is -0.970. The van der Waals surface area contributed by atoms with Crippen LogP contribution in [0.4, 0.5) is 4.39 Å². The van der Waals surface area contributed by atoms with Gasteiger partial charge in [0.05, 0.1) is 0 Å². The van der Waals surface area contributed by atoms with Gasteiger partial charge in [-0.05, 0) is 64.9 Å². The van der Waals surface area contributed by atoms with Gasteiger partial charge < -0.3 is 0 Å². The van der Waals surface area contributed by atoms with E-state index in [9.17, 15) is 4.39 Å². The van der Waals surface area contributed by atoms with Crippen LogP contribution in [0.25, 0.3) is 11.1 Å². The van der Waals surface area contributed by atoms with E-state index >= 15 is 0 Å². The van der Waals surface area contributed by atoms with Gasteiger partial charge in [0, 0.05) is 15.5 Å². The topological polar surface area (TPSA) is 12.9 Å². The summed E-state index contributed by atoms with van der Waals surface area (Å²) in [5.74, 6) is -0.178. The molecule has 1 heterocycles. The molecule has 0 atom stereocenters. The van der Waals surface area contributed by atoms with Crippen LogP contribution in [-0.2, 0) is 0 Å². The molecule has 0 fully saturated rings. The number of hydrogen-bond donors (Lipinski definition) is 0. The van der Waals surface area contributed by atoms with Gasteiger partial charge in [-0.3, -0.25) is 4.98 Å². The Labute approximate surface area is 102 Å². The van der Waals surface area contributed by atoms with Crippen LogP contribution in [-0.4, -0.2) is 4.98 Å². The van der Waals surface area contributed by atoms with Gasteiger partial charge in [0.15, 0.2) is 0 Å². The number of pyridine rings is 1. The van der Waals surface area contributed by atoms with E-state index in [4.69, 9.17) is 0 Å². The predicted molar refractivity (Wildman–Crippen MR) is 67.1 cm³/mol. The molecule has 0 unspecified atom stereocenters. The van der Waals surface area contributed by atoms with Crippen LogP contribution >= 0.6 is 22.6 Å². The monoisotopic (exact) mass is 313 g/mol. The van der Waals surface area contributed by atoms with Crippen molar-refractivity contribution in [1.29, 1.82) is 0 Å². The zero-order valence-corrected chi connectivity index (χ0v) is 10.3. The van der Waals surface area contributed by atoms with E-state index in [1.807, 2.05) is 47.7 Å². The first-order valence-corrected chi connectivity index (χ1v) is 5.63. The maximum Gasteiger partial charge on any atom is 0.137 e. The van der Waals surface area contributed by atoms with Gasteiger partial charge in [-0.1, -0.05) is 6.07 Å².